The molecule has 1 aliphatic heterocycles. The van der Waals surface area contributed by atoms with Gasteiger partial charge in [-0.25, -0.2) is 0 Å². The van der Waals surface area contributed by atoms with Crippen molar-refractivity contribution < 1.29 is 4.79 Å². The van der Waals surface area contributed by atoms with Gasteiger partial charge in [-0.1, -0.05) is 20.8 Å². The first-order valence-corrected chi connectivity index (χ1v) is 5.35. The van der Waals surface area contributed by atoms with Gasteiger partial charge in [-0.15, -0.1) is 0 Å². The van der Waals surface area contributed by atoms with Gasteiger partial charge in [0, 0.05) is 37.5 Å². The van der Waals surface area contributed by atoms with Gasteiger partial charge in [0.1, 0.15) is 5.78 Å². The summed E-state index contributed by atoms with van der Waals surface area (Å²) in [5.41, 5.74) is -0.197. The Hall–Kier alpha value is -0.410. The Morgan fingerprint density at radius 3 is 2.64 bits per heavy atom. The molecule has 1 rings (SSSR count). The van der Waals surface area contributed by atoms with E-state index in [0.29, 0.717) is 18.2 Å². The lowest BCUT2D eigenvalue weighted by molar-refractivity contribution is -0.127. The van der Waals surface area contributed by atoms with Crippen LogP contribution in [0.3, 0.4) is 0 Å². The Kier molecular flexibility index (Phi) is 3.67. The van der Waals surface area contributed by atoms with Gasteiger partial charge in [0.15, 0.2) is 0 Å². The van der Waals surface area contributed by atoms with Crippen LogP contribution in [0.5, 0.6) is 0 Å². The van der Waals surface area contributed by atoms with Crippen LogP contribution in [0.25, 0.3) is 0 Å². The number of hydrogen-bond acceptors (Lipinski definition) is 3. The van der Waals surface area contributed by atoms with Gasteiger partial charge in [0.05, 0.1) is 0 Å². The molecule has 1 fully saturated rings. The molecule has 1 unspecified atom stereocenters. The van der Waals surface area contributed by atoms with Crippen LogP contribution >= 0.6 is 0 Å². The van der Waals surface area contributed by atoms with E-state index in [0.717, 1.165) is 19.6 Å². The van der Waals surface area contributed by atoms with Crippen molar-refractivity contribution in [3.8, 4) is 0 Å². The maximum Gasteiger partial charge on any atom is 0.139 e. The first-order valence-electron chi connectivity index (χ1n) is 5.35. The molecular weight excluding hydrogens is 176 g/mol. The summed E-state index contributed by atoms with van der Waals surface area (Å²) in [7, 11) is 2.11. The normalized spacial score (nSPS) is 25.0. The van der Waals surface area contributed by atoms with Crippen LogP contribution in [0.15, 0.2) is 0 Å². The predicted octanol–water partition coefficient (Wildman–Crippen LogP) is 0.895. The van der Waals surface area contributed by atoms with Crippen molar-refractivity contribution >= 4 is 5.78 Å². The average Bonchev–Trinajstić information content (AvgIpc) is 2.02. The molecule has 1 N–H and O–H groups in total. The minimum Gasteiger partial charge on any atom is -0.311 e. The zero-order chi connectivity index (χ0) is 10.8. The lowest BCUT2D eigenvalue weighted by atomic mass is 9.87. The van der Waals surface area contributed by atoms with E-state index in [1.807, 2.05) is 20.8 Å². The van der Waals surface area contributed by atoms with Gasteiger partial charge in [0.2, 0.25) is 0 Å². The molecule has 3 nitrogen and oxygen atoms in total. The van der Waals surface area contributed by atoms with E-state index in [9.17, 15) is 4.79 Å². The van der Waals surface area contributed by atoms with Crippen molar-refractivity contribution in [2.45, 2.75) is 33.2 Å². The number of ketones is 1. The van der Waals surface area contributed by atoms with E-state index >= 15 is 0 Å². The molecule has 0 radical (unpaired) electrons. The summed E-state index contributed by atoms with van der Waals surface area (Å²) in [5, 5.41) is 3.39. The number of nitrogens with zero attached hydrogens (tertiary/aromatic N) is 1. The second-order valence-electron chi connectivity index (χ2n) is 5.29. The summed E-state index contributed by atoms with van der Waals surface area (Å²) in [5.74, 6) is 0.352. The minimum atomic E-state index is -0.197. The molecule has 82 valence electrons. The summed E-state index contributed by atoms with van der Waals surface area (Å²) in [4.78, 5) is 14.1. The number of nitrogens with one attached hydrogen (secondary N) is 1. The van der Waals surface area contributed by atoms with Crippen LogP contribution in [0.2, 0.25) is 0 Å². The number of rotatable bonds is 2. The molecule has 14 heavy (non-hydrogen) atoms. The monoisotopic (exact) mass is 198 g/mol. The summed E-state index contributed by atoms with van der Waals surface area (Å²) in [6.07, 6.45) is 0.661. The van der Waals surface area contributed by atoms with Crippen LogP contribution in [0.4, 0.5) is 0 Å². The molecule has 1 atom stereocenters. The second kappa shape index (κ2) is 4.41. The molecular formula is C11H22N2O. The van der Waals surface area contributed by atoms with E-state index in [1.165, 1.54) is 0 Å². The number of hydrogen-bond donors (Lipinski definition) is 1. The smallest absolute Gasteiger partial charge is 0.139 e. The fourth-order valence-electron chi connectivity index (χ4n) is 1.66. The molecule has 3 heteroatoms. The maximum atomic E-state index is 11.8. The molecule has 0 amide bonds. The Balaban J connectivity index is 2.40. The Labute approximate surface area is 86.9 Å². The van der Waals surface area contributed by atoms with Crippen molar-refractivity contribution in [1.29, 1.82) is 0 Å². The summed E-state index contributed by atoms with van der Waals surface area (Å²) in [6, 6.07) is 0.348. The third kappa shape index (κ3) is 3.39. The van der Waals surface area contributed by atoms with Crippen LogP contribution in [-0.2, 0) is 4.79 Å². The molecule has 0 aromatic rings. The van der Waals surface area contributed by atoms with Gasteiger partial charge < -0.3 is 10.2 Å². The molecule has 1 saturated heterocycles. The summed E-state index contributed by atoms with van der Waals surface area (Å²) < 4.78 is 0. The fraction of sp³-hybridized carbons (Fsp3) is 0.909. The van der Waals surface area contributed by atoms with Gasteiger partial charge >= 0.3 is 0 Å². The molecule has 1 aliphatic rings. The lowest BCUT2D eigenvalue weighted by Gasteiger charge is -2.31. The molecule has 0 aromatic heterocycles. The van der Waals surface area contributed by atoms with Crippen LogP contribution in [0.1, 0.15) is 27.2 Å². The van der Waals surface area contributed by atoms with E-state index in [4.69, 9.17) is 0 Å². The van der Waals surface area contributed by atoms with Gasteiger partial charge in [-0.2, -0.15) is 0 Å². The topological polar surface area (TPSA) is 32.3 Å². The van der Waals surface area contributed by atoms with Crippen molar-refractivity contribution in [3.63, 3.8) is 0 Å². The number of carbonyl (C=O) groups excluding carboxylic acids is 1. The average molecular weight is 198 g/mol. The van der Waals surface area contributed by atoms with Crippen LogP contribution < -0.4 is 5.32 Å². The van der Waals surface area contributed by atoms with E-state index in [-0.39, 0.29) is 5.41 Å². The van der Waals surface area contributed by atoms with Crippen molar-refractivity contribution in [2.75, 3.05) is 26.7 Å². The third-order valence-corrected chi connectivity index (χ3v) is 2.73. The van der Waals surface area contributed by atoms with Crippen molar-refractivity contribution in [1.82, 2.24) is 10.2 Å². The summed E-state index contributed by atoms with van der Waals surface area (Å²) in [6.45, 7) is 9.03. The molecule has 0 aromatic carbocycles. The van der Waals surface area contributed by atoms with Gasteiger partial charge in [-0.3, -0.25) is 4.79 Å². The molecule has 1 heterocycles. The Bertz CT molecular complexity index is 208. The highest BCUT2D eigenvalue weighted by molar-refractivity contribution is 5.84. The zero-order valence-electron chi connectivity index (χ0n) is 9.76. The first kappa shape index (κ1) is 11.7. The van der Waals surface area contributed by atoms with Gasteiger partial charge in [-0.05, 0) is 7.05 Å². The number of carbonyl (C=O) groups is 1. The van der Waals surface area contributed by atoms with E-state index in [1.54, 1.807) is 0 Å². The minimum absolute atomic E-state index is 0.197. The fourth-order valence-corrected chi connectivity index (χ4v) is 1.66. The van der Waals surface area contributed by atoms with Crippen molar-refractivity contribution in [2.24, 2.45) is 5.41 Å². The number of likely N-dealkylation sites (N-methyl/N-ethyl adjacent to an activating group) is 1. The number of Topliss-reactive ketones (excluding diaryl/α,β-unsaturated/α-hetero) is 1. The standard InChI is InChI=1S/C11H22N2O/c1-11(2,3)10(14)7-9-8-13(4)6-5-12-9/h9,12H,5-8H2,1-4H3. The van der Waals surface area contributed by atoms with Crippen molar-refractivity contribution in [3.05, 3.63) is 0 Å². The molecule has 0 bridgehead atoms. The Morgan fingerprint density at radius 2 is 2.14 bits per heavy atom. The highest BCUT2D eigenvalue weighted by Gasteiger charge is 2.26. The van der Waals surface area contributed by atoms with E-state index < -0.39 is 0 Å². The van der Waals surface area contributed by atoms with Crippen LogP contribution in [0, 0.1) is 5.41 Å². The molecule has 0 spiro atoms. The van der Waals surface area contributed by atoms with E-state index in [2.05, 4.69) is 17.3 Å². The maximum absolute atomic E-state index is 11.8. The second-order valence-corrected chi connectivity index (χ2v) is 5.29. The molecule has 0 saturated carbocycles. The van der Waals surface area contributed by atoms with Gasteiger partial charge in [0.25, 0.3) is 0 Å². The Morgan fingerprint density at radius 1 is 1.50 bits per heavy atom. The lowest BCUT2D eigenvalue weighted by Crippen LogP contribution is -2.50. The highest BCUT2D eigenvalue weighted by Crippen LogP contribution is 2.18. The predicted molar refractivity (Wildman–Crippen MR) is 58.4 cm³/mol. The first-order chi connectivity index (χ1) is 6.39. The summed E-state index contributed by atoms with van der Waals surface area (Å²) >= 11 is 0. The van der Waals surface area contributed by atoms with Crippen LogP contribution in [-0.4, -0.2) is 43.4 Å². The largest absolute Gasteiger partial charge is 0.311 e. The zero-order valence-corrected chi connectivity index (χ0v) is 9.76. The number of piperazine rings is 1. The quantitative estimate of drug-likeness (QED) is 0.715. The molecule has 0 aliphatic carbocycles. The third-order valence-electron chi connectivity index (χ3n) is 2.73. The highest BCUT2D eigenvalue weighted by atomic mass is 16.1. The SMILES string of the molecule is CN1CCNC(CC(=O)C(C)(C)C)C1.